The number of benzene rings is 3. The van der Waals surface area contributed by atoms with E-state index in [-0.39, 0.29) is 15.9 Å². The van der Waals surface area contributed by atoms with Crippen molar-refractivity contribution in [3.8, 4) is 22.9 Å². The van der Waals surface area contributed by atoms with Crippen molar-refractivity contribution in [3.05, 3.63) is 94.3 Å². The Morgan fingerprint density at radius 3 is 2.46 bits per heavy atom. The lowest BCUT2D eigenvalue weighted by molar-refractivity contribution is -0.131. The fourth-order valence-corrected chi connectivity index (χ4v) is 5.06. The predicted octanol–water partition coefficient (Wildman–Crippen LogP) is 6.16. The molecule has 2 heterocycles. The number of hydrogen-bond donors (Lipinski definition) is 2. The smallest absolute Gasteiger partial charge is 0.342 e. The van der Waals surface area contributed by atoms with Gasteiger partial charge in [-0.05, 0) is 49.0 Å². The van der Waals surface area contributed by atoms with E-state index in [1.807, 2.05) is 35.8 Å². The van der Waals surface area contributed by atoms with E-state index >= 15 is 0 Å². The monoisotopic (exact) mass is 544 g/mol. The van der Waals surface area contributed by atoms with Gasteiger partial charge in [0.15, 0.2) is 5.82 Å². The highest BCUT2D eigenvalue weighted by atomic mass is 32.2. The molecule has 0 aliphatic carbocycles. The SMILES string of the molecule is COc1cc(OC)cc(-c2nc(S/C(=C\c3c(C)n(Cc4ccccc4F)c4ccccc34)C(=O)O)n[nH]2)c1. The lowest BCUT2D eigenvalue weighted by Gasteiger charge is -2.09. The van der Waals surface area contributed by atoms with Gasteiger partial charge in [-0.1, -0.05) is 36.4 Å². The van der Waals surface area contributed by atoms with Crippen LogP contribution in [0.25, 0.3) is 28.4 Å². The highest BCUT2D eigenvalue weighted by molar-refractivity contribution is 8.04. The number of aliphatic carboxylic acids is 1. The van der Waals surface area contributed by atoms with Crippen molar-refractivity contribution in [2.45, 2.75) is 18.6 Å². The first-order valence-electron chi connectivity index (χ1n) is 12.0. The van der Waals surface area contributed by atoms with Gasteiger partial charge in [0.2, 0.25) is 5.16 Å². The van der Waals surface area contributed by atoms with E-state index in [9.17, 15) is 14.3 Å². The van der Waals surface area contributed by atoms with E-state index < -0.39 is 5.97 Å². The van der Waals surface area contributed by atoms with Gasteiger partial charge in [0, 0.05) is 39.4 Å². The lowest BCUT2D eigenvalue weighted by Crippen LogP contribution is -2.04. The Kier molecular flexibility index (Phi) is 7.38. The molecule has 0 spiro atoms. The minimum atomic E-state index is -1.11. The number of rotatable bonds is 9. The maximum Gasteiger partial charge on any atom is 0.342 e. The molecule has 39 heavy (non-hydrogen) atoms. The first-order chi connectivity index (χ1) is 18.9. The van der Waals surface area contributed by atoms with Crippen LogP contribution in [0.5, 0.6) is 11.5 Å². The molecule has 0 aliphatic rings. The number of nitrogens with one attached hydrogen (secondary N) is 1. The lowest BCUT2D eigenvalue weighted by atomic mass is 10.1. The number of halogens is 1. The maximum absolute atomic E-state index is 14.4. The summed E-state index contributed by atoms with van der Waals surface area (Å²) < 4.78 is 27.1. The number of nitrogens with zero attached hydrogens (tertiary/aromatic N) is 3. The molecule has 0 saturated carbocycles. The van der Waals surface area contributed by atoms with E-state index in [0.717, 1.165) is 33.9 Å². The van der Waals surface area contributed by atoms with Gasteiger partial charge in [-0.3, -0.25) is 5.10 Å². The molecule has 0 saturated heterocycles. The van der Waals surface area contributed by atoms with Gasteiger partial charge in [0.1, 0.15) is 22.2 Å². The number of aromatic nitrogens is 4. The van der Waals surface area contributed by atoms with Gasteiger partial charge >= 0.3 is 5.97 Å². The molecule has 0 unspecified atom stereocenters. The molecule has 3 aromatic carbocycles. The van der Waals surface area contributed by atoms with E-state index in [1.165, 1.54) is 6.07 Å². The van der Waals surface area contributed by atoms with Gasteiger partial charge in [-0.15, -0.1) is 5.10 Å². The number of carboxylic acid groups (broad SMARTS) is 1. The summed E-state index contributed by atoms with van der Waals surface area (Å²) >= 11 is 0.936. The van der Waals surface area contributed by atoms with Crippen molar-refractivity contribution in [2.24, 2.45) is 0 Å². The summed E-state index contributed by atoms with van der Waals surface area (Å²) in [5.41, 5.74) is 3.66. The van der Waals surface area contributed by atoms with Crippen molar-refractivity contribution < 1.29 is 23.8 Å². The molecule has 5 rings (SSSR count). The molecule has 0 radical (unpaired) electrons. The van der Waals surface area contributed by atoms with Gasteiger partial charge < -0.3 is 19.1 Å². The quantitative estimate of drug-likeness (QED) is 0.169. The standard InChI is InChI=1S/C29H25FN4O4S/c1-17-23(22-9-5-7-11-25(22)34(17)16-18-8-4-6-10-24(18)30)15-26(28(35)36)39-29-31-27(32-33-29)19-12-20(37-2)14-21(13-19)38-3/h4-15H,16H2,1-3H3,(H,35,36)(H,31,32,33)/b26-15-. The minimum Gasteiger partial charge on any atom is -0.497 e. The summed E-state index contributed by atoms with van der Waals surface area (Å²) in [5.74, 6) is 0.214. The van der Waals surface area contributed by atoms with Crippen LogP contribution < -0.4 is 9.47 Å². The van der Waals surface area contributed by atoms with Crippen molar-refractivity contribution >= 4 is 34.7 Å². The second kappa shape index (κ2) is 11.0. The number of thioether (sulfide) groups is 1. The molecular weight excluding hydrogens is 519 g/mol. The van der Waals surface area contributed by atoms with Crippen LogP contribution in [0.2, 0.25) is 0 Å². The zero-order valence-corrected chi connectivity index (χ0v) is 22.3. The topological polar surface area (TPSA) is 102 Å². The molecule has 2 aromatic heterocycles. The fourth-order valence-electron chi connectivity index (χ4n) is 4.37. The number of carbonyl (C=O) groups is 1. The normalized spacial score (nSPS) is 11.6. The predicted molar refractivity (Wildman–Crippen MR) is 149 cm³/mol. The Morgan fingerprint density at radius 1 is 1.08 bits per heavy atom. The highest BCUT2D eigenvalue weighted by Gasteiger charge is 2.19. The zero-order valence-electron chi connectivity index (χ0n) is 21.4. The third-order valence-corrected chi connectivity index (χ3v) is 7.22. The molecule has 0 amide bonds. The van der Waals surface area contributed by atoms with Gasteiger partial charge in [-0.2, -0.15) is 0 Å². The molecule has 10 heteroatoms. The molecule has 0 atom stereocenters. The second-order valence-electron chi connectivity index (χ2n) is 8.68. The van der Waals surface area contributed by atoms with Gasteiger partial charge in [0.25, 0.3) is 0 Å². The van der Waals surface area contributed by atoms with Crippen molar-refractivity contribution in [3.63, 3.8) is 0 Å². The number of H-pyrrole nitrogens is 1. The Labute approximate surface area is 228 Å². The third-order valence-electron chi connectivity index (χ3n) is 6.34. The minimum absolute atomic E-state index is 0.0423. The summed E-state index contributed by atoms with van der Waals surface area (Å²) in [7, 11) is 3.11. The second-order valence-corrected chi connectivity index (χ2v) is 9.69. The van der Waals surface area contributed by atoms with E-state index in [2.05, 4.69) is 15.2 Å². The van der Waals surface area contributed by atoms with Crippen LogP contribution in [0.15, 0.2) is 76.8 Å². The van der Waals surface area contributed by atoms with Crippen LogP contribution in [0.1, 0.15) is 16.8 Å². The average molecular weight is 545 g/mol. The molecule has 5 aromatic rings. The van der Waals surface area contributed by atoms with Crippen LogP contribution in [-0.2, 0) is 11.3 Å². The van der Waals surface area contributed by atoms with Crippen molar-refractivity contribution in [1.82, 2.24) is 19.7 Å². The number of methoxy groups -OCH3 is 2. The van der Waals surface area contributed by atoms with Gasteiger partial charge in [-0.25, -0.2) is 14.2 Å². The average Bonchev–Trinajstić information content (AvgIpc) is 3.52. The van der Waals surface area contributed by atoms with Crippen LogP contribution >= 0.6 is 11.8 Å². The summed E-state index contributed by atoms with van der Waals surface area (Å²) in [6, 6.07) is 19.6. The van der Waals surface area contributed by atoms with Crippen molar-refractivity contribution in [1.29, 1.82) is 0 Å². The summed E-state index contributed by atoms with van der Waals surface area (Å²) in [5, 5.41) is 18.2. The van der Waals surface area contributed by atoms with Crippen LogP contribution in [0.3, 0.4) is 0 Å². The highest BCUT2D eigenvalue weighted by Crippen LogP contribution is 2.34. The fraction of sp³-hybridized carbons (Fsp3) is 0.138. The largest absolute Gasteiger partial charge is 0.497 e. The summed E-state index contributed by atoms with van der Waals surface area (Å²) in [6.07, 6.45) is 1.62. The molecule has 0 aliphatic heterocycles. The number of hydrogen-bond acceptors (Lipinski definition) is 6. The molecule has 198 valence electrons. The maximum atomic E-state index is 14.4. The van der Waals surface area contributed by atoms with Crippen LogP contribution in [-0.4, -0.2) is 45.0 Å². The Hall–Kier alpha value is -4.57. The molecule has 0 fully saturated rings. The third kappa shape index (κ3) is 5.37. The zero-order chi connectivity index (χ0) is 27.5. The summed E-state index contributed by atoms with van der Waals surface area (Å²) in [6.45, 7) is 2.22. The van der Waals surface area contributed by atoms with E-state index in [1.54, 1.807) is 56.7 Å². The molecule has 2 N–H and O–H groups in total. The molecule has 8 nitrogen and oxygen atoms in total. The number of para-hydroxylation sites is 1. The first kappa shape index (κ1) is 26.1. The number of ether oxygens (including phenoxy) is 2. The number of aromatic amines is 1. The van der Waals surface area contributed by atoms with Crippen molar-refractivity contribution in [2.75, 3.05) is 14.2 Å². The Balaban J connectivity index is 1.51. The van der Waals surface area contributed by atoms with E-state index in [4.69, 9.17) is 9.47 Å². The van der Waals surface area contributed by atoms with Gasteiger partial charge in [0.05, 0.1) is 20.8 Å². The Bertz CT molecular complexity index is 1690. The van der Waals surface area contributed by atoms with E-state index in [0.29, 0.717) is 35.0 Å². The first-order valence-corrected chi connectivity index (χ1v) is 12.8. The summed E-state index contributed by atoms with van der Waals surface area (Å²) in [4.78, 5) is 16.8. The number of fused-ring (bicyclic) bond motifs is 1. The number of carboxylic acids is 1. The van der Waals surface area contributed by atoms with Crippen LogP contribution in [0, 0.1) is 12.7 Å². The molecule has 0 bridgehead atoms. The molecular formula is C29H25FN4O4S. The van der Waals surface area contributed by atoms with Crippen LogP contribution in [0.4, 0.5) is 4.39 Å². The Morgan fingerprint density at radius 2 is 1.77 bits per heavy atom.